The maximum Gasteiger partial charge on any atom is 0.228 e. The van der Waals surface area contributed by atoms with Crippen molar-refractivity contribution in [2.24, 2.45) is 0 Å². The fourth-order valence-electron chi connectivity index (χ4n) is 3.10. The molecule has 3 rings (SSSR count). The summed E-state index contributed by atoms with van der Waals surface area (Å²) in [7, 11) is 0. The molecule has 1 aliphatic rings. The lowest BCUT2D eigenvalue weighted by molar-refractivity contribution is -0.131. The van der Waals surface area contributed by atoms with Crippen LogP contribution in [-0.2, 0) is 17.6 Å². The third-order valence-electron chi connectivity index (χ3n) is 4.58. The average molecular weight is 347 g/mol. The van der Waals surface area contributed by atoms with Gasteiger partial charge in [0.15, 0.2) is 0 Å². The highest BCUT2D eigenvalue weighted by Gasteiger charge is 2.27. The first kappa shape index (κ1) is 17.1. The molecule has 0 N–H and O–H groups in total. The van der Waals surface area contributed by atoms with Gasteiger partial charge in [-0.15, -0.1) is 11.3 Å². The molecule has 130 valence electrons. The predicted molar refractivity (Wildman–Crippen MR) is 96.4 cm³/mol. The third kappa shape index (κ3) is 3.86. The van der Waals surface area contributed by atoms with Crippen LogP contribution >= 0.6 is 11.3 Å². The molecule has 1 saturated heterocycles. The van der Waals surface area contributed by atoms with E-state index in [0.717, 1.165) is 43.7 Å². The minimum absolute atomic E-state index is 0.181. The van der Waals surface area contributed by atoms with Crippen molar-refractivity contribution in [3.63, 3.8) is 0 Å². The number of thiazole rings is 1. The number of likely N-dealkylation sites (tertiary alicyclic amines) is 1. The normalized spacial score (nSPS) is 18.3. The monoisotopic (exact) mass is 346 g/mol. The molecule has 2 aromatic heterocycles. The first-order valence-corrected chi connectivity index (χ1v) is 9.71. The summed E-state index contributed by atoms with van der Waals surface area (Å²) in [6.45, 7) is 7.96. The number of carbonyl (C=O) groups excluding carboxylic acids is 1. The standard InChI is InChI=1S/C18H26N4OS/c1-4-15-12-24-18(19-15)14-6-5-8-21(11-14)17(23)10-16-7-9-22(20-16)13(2)3/h7,9,12-14H,4-6,8,10-11H2,1-3H3/t14-/m0/s1. The molecule has 1 fully saturated rings. The average Bonchev–Trinajstić information content (AvgIpc) is 3.24. The fourth-order valence-corrected chi connectivity index (χ4v) is 4.13. The van der Waals surface area contributed by atoms with Gasteiger partial charge in [0, 0.05) is 36.6 Å². The number of aryl methyl sites for hydroxylation is 1. The zero-order chi connectivity index (χ0) is 17.1. The summed E-state index contributed by atoms with van der Waals surface area (Å²) < 4.78 is 1.91. The van der Waals surface area contributed by atoms with Crippen molar-refractivity contribution in [2.75, 3.05) is 13.1 Å². The van der Waals surface area contributed by atoms with E-state index >= 15 is 0 Å². The molecule has 2 aromatic rings. The van der Waals surface area contributed by atoms with Crippen LogP contribution in [0.3, 0.4) is 0 Å². The van der Waals surface area contributed by atoms with Gasteiger partial charge in [-0.3, -0.25) is 9.48 Å². The highest BCUT2D eigenvalue weighted by Crippen LogP contribution is 2.29. The first-order chi connectivity index (χ1) is 11.6. The number of amides is 1. The van der Waals surface area contributed by atoms with E-state index in [9.17, 15) is 4.79 Å². The van der Waals surface area contributed by atoms with Gasteiger partial charge in [0.05, 0.1) is 22.8 Å². The zero-order valence-electron chi connectivity index (χ0n) is 14.7. The minimum atomic E-state index is 0.181. The van der Waals surface area contributed by atoms with Crippen LogP contribution in [0.5, 0.6) is 0 Å². The summed E-state index contributed by atoms with van der Waals surface area (Å²) in [4.78, 5) is 19.4. The number of nitrogens with zero attached hydrogens (tertiary/aromatic N) is 4. The number of carbonyl (C=O) groups is 1. The molecule has 0 bridgehead atoms. The van der Waals surface area contributed by atoms with Crippen LogP contribution in [0, 0.1) is 0 Å². The predicted octanol–water partition coefficient (Wildman–Crippen LogP) is 3.43. The van der Waals surface area contributed by atoms with Gasteiger partial charge in [-0.05, 0) is 39.2 Å². The quantitative estimate of drug-likeness (QED) is 0.833. The van der Waals surface area contributed by atoms with Gasteiger partial charge in [-0.1, -0.05) is 6.92 Å². The summed E-state index contributed by atoms with van der Waals surface area (Å²) in [6.07, 6.45) is 5.50. The number of hydrogen-bond acceptors (Lipinski definition) is 4. The van der Waals surface area contributed by atoms with Crippen LogP contribution in [-0.4, -0.2) is 38.7 Å². The van der Waals surface area contributed by atoms with Gasteiger partial charge in [0.2, 0.25) is 5.91 Å². The van der Waals surface area contributed by atoms with Crippen LogP contribution in [0.15, 0.2) is 17.6 Å². The molecule has 3 heterocycles. The van der Waals surface area contributed by atoms with E-state index in [4.69, 9.17) is 4.98 Å². The maximum atomic E-state index is 12.6. The molecule has 0 aliphatic carbocycles. The van der Waals surface area contributed by atoms with E-state index in [-0.39, 0.29) is 5.91 Å². The molecule has 0 unspecified atom stereocenters. The smallest absolute Gasteiger partial charge is 0.228 e. The Balaban J connectivity index is 1.62. The van der Waals surface area contributed by atoms with Crippen LogP contribution in [0.1, 0.15) is 62.0 Å². The molecule has 0 aromatic carbocycles. The lowest BCUT2D eigenvalue weighted by Crippen LogP contribution is -2.40. The van der Waals surface area contributed by atoms with Gasteiger partial charge in [-0.2, -0.15) is 5.10 Å². The van der Waals surface area contributed by atoms with Gasteiger partial charge in [0.1, 0.15) is 0 Å². The summed E-state index contributed by atoms with van der Waals surface area (Å²) in [5.74, 6) is 0.571. The zero-order valence-corrected chi connectivity index (χ0v) is 15.6. The lowest BCUT2D eigenvalue weighted by atomic mass is 9.98. The second-order valence-corrected chi connectivity index (χ2v) is 7.66. The molecule has 24 heavy (non-hydrogen) atoms. The van der Waals surface area contributed by atoms with Crippen LogP contribution in [0.2, 0.25) is 0 Å². The SMILES string of the molecule is CCc1csc([C@H]2CCCN(C(=O)Cc3ccn(C(C)C)n3)C2)n1. The van der Waals surface area contributed by atoms with E-state index in [2.05, 4.69) is 31.2 Å². The Kier molecular flexibility index (Phi) is 5.33. The molecule has 1 aliphatic heterocycles. The molecule has 6 heteroatoms. The van der Waals surface area contributed by atoms with Gasteiger partial charge >= 0.3 is 0 Å². The number of piperidine rings is 1. The molecule has 1 amide bonds. The Morgan fingerprint density at radius 1 is 1.42 bits per heavy atom. The Bertz CT molecular complexity index is 691. The van der Waals surface area contributed by atoms with E-state index in [1.165, 1.54) is 5.01 Å². The molecule has 5 nitrogen and oxygen atoms in total. The van der Waals surface area contributed by atoms with Crippen molar-refractivity contribution in [2.45, 2.75) is 58.4 Å². The Labute approximate surface area is 147 Å². The van der Waals surface area contributed by atoms with E-state index in [1.54, 1.807) is 11.3 Å². The van der Waals surface area contributed by atoms with Crippen molar-refractivity contribution in [3.05, 3.63) is 34.0 Å². The first-order valence-electron chi connectivity index (χ1n) is 8.83. The summed E-state index contributed by atoms with van der Waals surface area (Å²) in [6, 6.07) is 2.28. The molecule has 0 spiro atoms. The van der Waals surface area contributed by atoms with Crippen molar-refractivity contribution >= 4 is 17.2 Å². The molecule has 1 atom stereocenters. The van der Waals surface area contributed by atoms with Crippen molar-refractivity contribution in [1.29, 1.82) is 0 Å². The van der Waals surface area contributed by atoms with E-state index in [0.29, 0.717) is 18.4 Å². The second-order valence-electron chi connectivity index (χ2n) is 6.77. The molecular formula is C18H26N4OS. The fraction of sp³-hybridized carbons (Fsp3) is 0.611. The van der Waals surface area contributed by atoms with Gasteiger partial charge < -0.3 is 4.90 Å². The number of rotatable bonds is 5. The molecule has 0 saturated carbocycles. The highest BCUT2D eigenvalue weighted by molar-refractivity contribution is 7.09. The molecular weight excluding hydrogens is 320 g/mol. The summed E-state index contributed by atoms with van der Waals surface area (Å²) in [5, 5.41) is 7.83. The molecule has 0 radical (unpaired) electrons. The van der Waals surface area contributed by atoms with Crippen LogP contribution < -0.4 is 0 Å². The number of hydrogen-bond donors (Lipinski definition) is 0. The number of aromatic nitrogens is 3. The third-order valence-corrected chi connectivity index (χ3v) is 5.64. The van der Waals surface area contributed by atoms with Crippen molar-refractivity contribution < 1.29 is 4.79 Å². The lowest BCUT2D eigenvalue weighted by Gasteiger charge is -2.31. The second kappa shape index (κ2) is 7.47. The Hall–Kier alpha value is -1.69. The van der Waals surface area contributed by atoms with Crippen LogP contribution in [0.4, 0.5) is 0 Å². The Morgan fingerprint density at radius 2 is 2.25 bits per heavy atom. The summed E-state index contributed by atoms with van der Waals surface area (Å²) in [5.41, 5.74) is 2.02. The van der Waals surface area contributed by atoms with Crippen molar-refractivity contribution in [1.82, 2.24) is 19.7 Å². The summed E-state index contributed by atoms with van der Waals surface area (Å²) >= 11 is 1.74. The topological polar surface area (TPSA) is 51.0 Å². The Morgan fingerprint density at radius 3 is 2.92 bits per heavy atom. The maximum absolute atomic E-state index is 12.6. The van der Waals surface area contributed by atoms with Gasteiger partial charge in [-0.25, -0.2) is 4.98 Å². The van der Waals surface area contributed by atoms with Crippen LogP contribution in [0.25, 0.3) is 0 Å². The minimum Gasteiger partial charge on any atom is -0.342 e. The van der Waals surface area contributed by atoms with E-state index in [1.807, 2.05) is 21.8 Å². The van der Waals surface area contributed by atoms with E-state index < -0.39 is 0 Å². The highest BCUT2D eigenvalue weighted by atomic mass is 32.1. The largest absolute Gasteiger partial charge is 0.342 e. The van der Waals surface area contributed by atoms with Gasteiger partial charge in [0.25, 0.3) is 0 Å². The van der Waals surface area contributed by atoms with Crippen molar-refractivity contribution in [3.8, 4) is 0 Å².